The van der Waals surface area contributed by atoms with E-state index in [9.17, 15) is 19.5 Å². The number of piperidine rings is 1. The SMILES string of the molecule is O=C(NCC1CC(C(=O)N2CCCCC2C(=O)O)CO1)OCC1c2ccccc2-c2ccccc21. The average molecular weight is 479 g/mol. The fourth-order valence-electron chi connectivity index (χ4n) is 5.55. The van der Waals surface area contributed by atoms with Crippen LogP contribution in [0.5, 0.6) is 0 Å². The van der Waals surface area contributed by atoms with E-state index in [0.29, 0.717) is 19.4 Å². The molecule has 2 aromatic rings. The molecule has 0 radical (unpaired) electrons. The van der Waals surface area contributed by atoms with E-state index in [1.165, 1.54) is 16.0 Å². The summed E-state index contributed by atoms with van der Waals surface area (Å²) in [5.41, 5.74) is 4.65. The van der Waals surface area contributed by atoms with Crippen molar-refractivity contribution in [2.24, 2.45) is 5.92 Å². The zero-order valence-corrected chi connectivity index (χ0v) is 19.5. The molecular weight excluding hydrogens is 448 g/mol. The van der Waals surface area contributed by atoms with Crippen molar-refractivity contribution in [3.05, 3.63) is 59.7 Å². The molecule has 8 heteroatoms. The summed E-state index contributed by atoms with van der Waals surface area (Å²) >= 11 is 0. The summed E-state index contributed by atoms with van der Waals surface area (Å²) in [6, 6.07) is 15.6. The van der Waals surface area contributed by atoms with Crippen molar-refractivity contribution in [2.75, 3.05) is 26.3 Å². The first-order chi connectivity index (χ1) is 17.0. The smallest absolute Gasteiger partial charge is 0.407 e. The van der Waals surface area contributed by atoms with Gasteiger partial charge in [-0.05, 0) is 47.9 Å². The van der Waals surface area contributed by atoms with E-state index in [2.05, 4.69) is 29.6 Å². The van der Waals surface area contributed by atoms with Crippen molar-refractivity contribution in [3.63, 3.8) is 0 Å². The molecule has 1 aliphatic carbocycles. The Balaban J connectivity index is 1.11. The number of fused-ring (bicyclic) bond motifs is 3. The Kier molecular flexibility index (Phi) is 6.72. The van der Waals surface area contributed by atoms with Crippen LogP contribution in [0.2, 0.25) is 0 Å². The lowest BCUT2D eigenvalue weighted by Gasteiger charge is -2.34. The third kappa shape index (κ3) is 4.75. The zero-order chi connectivity index (χ0) is 24.4. The molecule has 0 aromatic heterocycles. The van der Waals surface area contributed by atoms with Gasteiger partial charge in [-0.15, -0.1) is 0 Å². The predicted octanol–water partition coefficient (Wildman–Crippen LogP) is 3.40. The number of benzene rings is 2. The molecule has 2 aliphatic heterocycles. The second-order valence-electron chi connectivity index (χ2n) is 9.48. The largest absolute Gasteiger partial charge is 0.480 e. The number of rotatable bonds is 6. The highest BCUT2D eigenvalue weighted by molar-refractivity contribution is 5.85. The van der Waals surface area contributed by atoms with E-state index in [1.807, 2.05) is 24.3 Å². The zero-order valence-electron chi connectivity index (χ0n) is 19.5. The molecule has 0 spiro atoms. The third-order valence-corrected chi connectivity index (χ3v) is 7.32. The minimum atomic E-state index is -0.953. The molecule has 2 amide bonds. The first-order valence-electron chi connectivity index (χ1n) is 12.3. The molecule has 5 rings (SSSR count). The molecule has 0 saturated carbocycles. The van der Waals surface area contributed by atoms with E-state index >= 15 is 0 Å². The number of nitrogens with zero attached hydrogens (tertiary/aromatic N) is 1. The van der Waals surface area contributed by atoms with E-state index in [4.69, 9.17) is 9.47 Å². The number of hydrogen-bond donors (Lipinski definition) is 2. The van der Waals surface area contributed by atoms with Gasteiger partial charge in [0.25, 0.3) is 0 Å². The van der Waals surface area contributed by atoms with E-state index in [0.717, 1.165) is 24.0 Å². The van der Waals surface area contributed by atoms with Crippen LogP contribution in [-0.2, 0) is 19.1 Å². The van der Waals surface area contributed by atoms with Crippen LogP contribution in [0.15, 0.2) is 48.5 Å². The van der Waals surface area contributed by atoms with Crippen LogP contribution >= 0.6 is 0 Å². The fourth-order valence-corrected chi connectivity index (χ4v) is 5.55. The van der Waals surface area contributed by atoms with Gasteiger partial charge in [-0.3, -0.25) is 4.79 Å². The van der Waals surface area contributed by atoms with Crippen LogP contribution in [0.25, 0.3) is 11.1 Å². The lowest BCUT2D eigenvalue weighted by Crippen LogP contribution is -2.50. The second kappa shape index (κ2) is 10.1. The molecule has 2 aromatic carbocycles. The van der Waals surface area contributed by atoms with Gasteiger partial charge in [0.2, 0.25) is 5.91 Å². The minimum absolute atomic E-state index is 0.00962. The van der Waals surface area contributed by atoms with E-state index < -0.39 is 18.1 Å². The van der Waals surface area contributed by atoms with Crippen molar-refractivity contribution >= 4 is 18.0 Å². The predicted molar refractivity (Wildman–Crippen MR) is 128 cm³/mol. The number of alkyl carbamates (subject to hydrolysis) is 1. The van der Waals surface area contributed by atoms with Crippen molar-refractivity contribution in [1.82, 2.24) is 10.2 Å². The van der Waals surface area contributed by atoms with Gasteiger partial charge in [-0.1, -0.05) is 48.5 Å². The quantitative estimate of drug-likeness (QED) is 0.659. The normalized spacial score (nSPS) is 23.4. The van der Waals surface area contributed by atoms with Crippen LogP contribution < -0.4 is 5.32 Å². The van der Waals surface area contributed by atoms with Gasteiger partial charge in [0.05, 0.1) is 18.6 Å². The number of nitrogens with one attached hydrogen (secondary N) is 1. The van der Waals surface area contributed by atoms with Gasteiger partial charge in [0, 0.05) is 19.0 Å². The standard InChI is InChI=1S/C27H30N2O6/c30-25(29-12-6-5-11-24(29)26(31)32)17-13-18(34-15-17)14-28-27(33)35-16-23-21-9-3-1-7-19(21)20-8-2-4-10-22(20)23/h1-4,7-10,17-18,23-24H,5-6,11-16H2,(H,28,33)(H,31,32). The Morgan fingerprint density at radius 2 is 1.71 bits per heavy atom. The lowest BCUT2D eigenvalue weighted by molar-refractivity contribution is -0.153. The fraction of sp³-hybridized carbons (Fsp3) is 0.444. The van der Waals surface area contributed by atoms with E-state index in [1.54, 1.807) is 0 Å². The monoisotopic (exact) mass is 478 g/mol. The number of amides is 2. The number of hydrogen-bond acceptors (Lipinski definition) is 5. The first kappa shape index (κ1) is 23.4. The van der Waals surface area contributed by atoms with Gasteiger partial charge < -0.3 is 24.8 Å². The van der Waals surface area contributed by atoms with E-state index in [-0.39, 0.29) is 43.6 Å². The molecule has 184 valence electrons. The van der Waals surface area contributed by atoms with Crippen molar-refractivity contribution in [1.29, 1.82) is 0 Å². The third-order valence-electron chi connectivity index (χ3n) is 7.32. The van der Waals surface area contributed by atoms with Crippen molar-refractivity contribution in [3.8, 4) is 11.1 Å². The summed E-state index contributed by atoms with van der Waals surface area (Å²) in [4.78, 5) is 38.4. The first-order valence-corrected chi connectivity index (χ1v) is 12.3. The summed E-state index contributed by atoms with van der Waals surface area (Å²) < 4.78 is 11.3. The highest BCUT2D eigenvalue weighted by atomic mass is 16.5. The molecule has 2 fully saturated rings. The topological polar surface area (TPSA) is 105 Å². The molecule has 3 atom stereocenters. The Hall–Kier alpha value is -3.39. The molecule has 8 nitrogen and oxygen atoms in total. The minimum Gasteiger partial charge on any atom is -0.480 e. The van der Waals surface area contributed by atoms with Crippen molar-refractivity contribution in [2.45, 2.75) is 43.7 Å². The maximum Gasteiger partial charge on any atom is 0.407 e. The summed E-state index contributed by atoms with van der Waals surface area (Å²) in [6.45, 7) is 1.18. The highest BCUT2D eigenvalue weighted by Gasteiger charge is 2.39. The average Bonchev–Trinajstić information content (AvgIpc) is 3.49. The number of ether oxygens (including phenoxy) is 2. The lowest BCUT2D eigenvalue weighted by atomic mass is 9.97. The molecule has 2 N–H and O–H groups in total. The maximum absolute atomic E-state index is 12.9. The number of carboxylic acid groups (broad SMARTS) is 1. The Morgan fingerprint density at radius 3 is 2.40 bits per heavy atom. The number of carbonyl (C=O) groups is 3. The Morgan fingerprint density at radius 1 is 1.03 bits per heavy atom. The molecular formula is C27H30N2O6. The summed E-state index contributed by atoms with van der Waals surface area (Å²) in [5.74, 6) is -1.51. The number of aliphatic carboxylic acids is 1. The van der Waals surface area contributed by atoms with Gasteiger partial charge in [0.1, 0.15) is 12.6 Å². The number of likely N-dealkylation sites (tertiary alicyclic amines) is 1. The molecule has 35 heavy (non-hydrogen) atoms. The number of carboxylic acids is 1. The highest BCUT2D eigenvalue weighted by Crippen LogP contribution is 2.44. The van der Waals surface area contributed by atoms with Gasteiger partial charge >= 0.3 is 12.1 Å². The molecule has 3 unspecified atom stereocenters. The number of carbonyl (C=O) groups excluding carboxylic acids is 2. The molecule has 0 bridgehead atoms. The summed E-state index contributed by atoms with van der Waals surface area (Å²) in [5, 5.41) is 12.2. The van der Waals surface area contributed by atoms with Crippen LogP contribution in [0, 0.1) is 5.92 Å². The van der Waals surface area contributed by atoms with Crippen LogP contribution in [0.1, 0.15) is 42.7 Å². The van der Waals surface area contributed by atoms with Crippen LogP contribution in [-0.4, -0.2) is 66.4 Å². The van der Waals surface area contributed by atoms with Crippen molar-refractivity contribution < 1.29 is 29.0 Å². The molecule has 2 saturated heterocycles. The second-order valence-corrected chi connectivity index (χ2v) is 9.48. The van der Waals surface area contributed by atoms with Gasteiger partial charge in [0.15, 0.2) is 0 Å². The molecule has 2 heterocycles. The molecule has 3 aliphatic rings. The Labute approximate surface area is 204 Å². The van der Waals surface area contributed by atoms with Gasteiger partial charge in [-0.25, -0.2) is 9.59 Å². The van der Waals surface area contributed by atoms with Gasteiger partial charge in [-0.2, -0.15) is 0 Å². The Bertz CT molecular complexity index is 1070. The van der Waals surface area contributed by atoms with Crippen LogP contribution in [0.4, 0.5) is 4.79 Å². The van der Waals surface area contributed by atoms with Crippen LogP contribution in [0.3, 0.4) is 0 Å². The maximum atomic E-state index is 12.9. The summed E-state index contributed by atoms with van der Waals surface area (Å²) in [6.07, 6.45) is 1.74. The summed E-state index contributed by atoms with van der Waals surface area (Å²) in [7, 11) is 0.